The molecule has 10 aromatic rings. The Balaban J connectivity index is 0.000000124. The van der Waals surface area contributed by atoms with Gasteiger partial charge in [0.25, 0.3) is 5.16 Å². The molecular weight excluding hydrogens is 1020 g/mol. The van der Waals surface area contributed by atoms with E-state index in [2.05, 4.69) is 107 Å². The molecule has 0 amide bonds. The summed E-state index contributed by atoms with van der Waals surface area (Å²) < 4.78 is 39.5. The zero-order chi connectivity index (χ0) is 53.0. The van der Waals surface area contributed by atoms with Crippen molar-refractivity contribution in [1.29, 1.82) is 0 Å². The largest absolute Gasteiger partial charge is 0.497 e. The third-order valence-electron chi connectivity index (χ3n) is 13.6. The number of hydrogen-bond acceptors (Lipinski definition) is 19. The zero-order valence-corrected chi connectivity index (χ0v) is 44.7. The standard InChI is InChI=1S/C22H22N6O.C16H17N5O3S.C16H17N5OS/c1-29-17-9-7-16(8-10-17)14-28-12-11-18-19-20(27-26-18)24-22(25-21(19)28)23-13-15-5-3-2-4-6-15;1-24-11-5-3-10(4-6-11)9-21-8-7-12-13-14(20-19-12)17-16(18-15(13)21)25(2,22)23;1-22-11-5-3-10(4-6-11)9-21-8-7-12-13-14(20-19-12)17-16(23-2)18-15(13)21/h2-10H,11-14H2,1H3,(H2,23,24,25,26,27);3-6H,7-9H2,1-2H3,(H,17,18,19,20);3-6H,7-9H2,1-2H3,(H,17,18,19,20). The van der Waals surface area contributed by atoms with Crippen LogP contribution in [-0.4, -0.2) is 122 Å². The van der Waals surface area contributed by atoms with Crippen LogP contribution in [0.4, 0.5) is 23.4 Å². The Bertz CT molecular complexity index is 3800. The van der Waals surface area contributed by atoms with Gasteiger partial charge in [0.1, 0.15) is 34.7 Å². The lowest BCUT2D eigenvalue weighted by molar-refractivity contribution is 0.414. The molecule has 0 spiro atoms. The van der Waals surface area contributed by atoms with Gasteiger partial charge in [0, 0.05) is 71.3 Å². The van der Waals surface area contributed by atoms with Gasteiger partial charge in [0.05, 0.1) is 54.6 Å². The van der Waals surface area contributed by atoms with Crippen LogP contribution in [-0.2, 0) is 55.3 Å². The van der Waals surface area contributed by atoms with Crippen LogP contribution in [0.25, 0.3) is 33.1 Å². The van der Waals surface area contributed by atoms with E-state index in [1.54, 1.807) is 33.1 Å². The van der Waals surface area contributed by atoms with Crippen LogP contribution in [0.15, 0.2) is 113 Å². The predicted octanol–water partition coefficient (Wildman–Crippen LogP) is 7.51. The Labute approximate surface area is 448 Å². The normalized spacial score (nSPS) is 13.5. The van der Waals surface area contributed by atoms with Crippen LogP contribution >= 0.6 is 11.8 Å². The maximum atomic E-state index is 11.9. The average molecular weight is 1070 g/mol. The van der Waals surface area contributed by atoms with E-state index < -0.39 is 9.84 Å². The first-order valence-corrected chi connectivity index (χ1v) is 28.1. The number of anilines is 4. The highest BCUT2D eigenvalue weighted by Crippen LogP contribution is 2.36. The van der Waals surface area contributed by atoms with Crippen molar-refractivity contribution in [3.63, 3.8) is 0 Å². The van der Waals surface area contributed by atoms with Crippen LogP contribution < -0.4 is 34.2 Å². The van der Waals surface area contributed by atoms with Gasteiger partial charge in [-0.15, -0.1) is 0 Å². The summed E-state index contributed by atoms with van der Waals surface area (Å²) in [5.74, 6) is 5.64. The average Bonchev–Trinajstić information content (AvgIpc) is 4.25. The fourth-order valence-corrected chi connectivity index (χ4v) is 10.4. The summed E-state index contributed by atoms with van der Waals surface area (Å²) in [5.41, 5.74) is 9.75. The number of sulfone groups is 1. The molecule has 4 aromatic carbocycles. The molecule has 394 valence electrons. The maximum absolute atomic E-state index is 11.9. The van der Waals surface area contributed by atoms with Gasteiger partial charge in [-0.1, -0.05) is 78.5 Å². The lowest BCUT2D eigenvalue weighted by Crippen LogP contribution is -2.30. The fourth-order valence-electron chi connectivity index (χ4n) is 9.57. The van der Waals surface area contributed by atoms with Crippen LogP contribution in [0.1, 0.15) is 39.3 Å². The smallest absolute Gasteiger partial charge is 0.250 e. The molecule has 0 radical (unpaired) electrons. The van der Waals surface area contributed by atoms with E-state index in [1.165, 1.54) is 16.7 Å². The highest BCUT2D eigenvalue weighted by atomic mass is 32.2. The lowest BCUT2D eigenvalue weighted by Gasteiger charge is -2.28. The van der Waals surface area contributed by atoms with Gasteiger partial charge in [-0.2, -0.15) is 30.2 Å². The predicted molar refractivity (Wildman–Crippen MR) is 297 cm³/mol. The fraction of sp³-hybridized carbons (Fsp3) is 0.278. The van der Waals surface area contributed by atoms with E-state index >= 15 is 0 Å². The second kappa shape index (κ2) is 22.0. The summed E-state index contributed by atoms with van der Waals surface area (Å²) in [6.07, 6.45) is 5.70. The minimum absolute atomic E-state index is 0.199. The Morgan fingerprint density at radius 1 is 0.519 bits per heavy atom. The minimum Gasteiger partial charge on any atom is -0.497 e. The maximum Gasteiger partial charge on any atom is 0.250 e. The molecule has 0 aliphatic carbocycles. The number of methoxy groups -OCH3 is 3. The Morgan fingerprint density at radius 2 is 0.935 bits per heavy atom. The van der Waals surface area contributed by atoms with E-state index in [4.69, 9.17) is 24.2 Å². The summed E-state index contributed by atoms with van der Waals surface area (Å²) in [6, 6.07) is 34.4. The second-order valence-electron chi connectivity index (χ2n) is 18.6. The van der Waals surface area contributed by atoms with Crippen molar-refractivity contribution < 1.29 is 22.6 Å². The first-order chi connectivity index (χ1) is 37.5. The van der Waals surface area contributed by atoms with Gasteiger partial charge in [0.15, 0.2) is 22.1 Å². The molecule has 0 saturated carbocycles. The first kappa shape index (κ1) is 50.6. The lowest BCUT2D eigenvalue weighted by atomic mass is 10.1. The third kappa shape index (κ3) is 10.9. The molecule has 0 unspecified atom stereocenters. The zero-order valence-electron chi connectivity index (χ0n) is 43.1. The van der Waals surface area contributed by atoms with Crippen molar-refractivity contribution in [3.8, 4) is 17.2 Å². The quantitative estimate of drug-likeness (QED) is 0.0608. The van der Waals surface area contributed by atoms with Gasteiger partial charge in [-0.05, 0) is 64.9 Å². The number of rotatable bonds is 14. The molecule has 9 heterocycles. The molecule has 3 aliphatic heterocycles. The number of H-pyrrole nitrogens is 3. The molecule has 3 aliphatic rings. The number of aromatic nitrogens is 12. The summed E-state index contributed by atoms with van der Waals surface area (Å²) in [5, 5.41) is 28.8. The molecule has 0 fully saturated rings. The Hall–Kier alpha value is -8.57. The highest BCUT2D eigenvalue weighted by molar-refractivity contribution is 7.98. The van der Waals surface area contributed by atoms with E-state index in [9.17, 15) is 8.42 Å². The molecule has 77 heavy (non-hydrogen) atoms. The van der Waals surface area contributed by atoms with E-state index in [-0.39, 0.29) is 5.16 Å². The van der Waals surface area contributed by atoms with Gasteiger partial charge in [0.2, 0.25) is 15.8 Å². The summed E-state index contributed by atoms with van der Waals surface area (Å²) in [4.78, 5) is 33.7. The van der Waals surface area contributed by atoms with E-state index in [0.29, 0.717) is 36.2 Å². The van der Waals surface area contributed by atoms with Crippen molar-refractivity contribution in [2.45, 2.75) is 55.8 Å². The Kier molecular flexibility index (Phi) is 14.4. The van der Waals surface area contributed by atoms with Crippen LogP contribution in [0.2, 0.25) is 0 Å². The van der Waals surface area contributed by atoms with Crippen molar-refractivity contribution in [1.82, 2.24) is 60.5 Å². The number of benzene rings is 4. The molecule has 0 bridgehead atoms. The molecule has 6 aromatic heterocycles. The highest BCUT2D eigenvalue weighted by Gasteiger charge is 2.29. The van der Waals surface area contributed by atoms with Crippen LogP contribution in [0.3, 0.4) is 0 Å². The number of ether oxygens (including phenoxy) is 3. The molecule has 21 nitrogen and oxygen atoms in total. The minimum atomic E-state index is -3.52. The number of nitrogens with zero attached hydrogens (tertiary/aromatic N) is 12. The molecule has 13 rings (SSSR count). The van der Waals surface area contributed by atoms with E-state index in [1.807, 2.05) is 73.0 Å². The molecule has 0 saturated heterocycles. The van der Waals surface area contributed by atoms with Gasteiger partial charge < -0.3 is 34.2 Å². The molecule has 0 atom stereocenters. The molecule has 23 heteroatoms. The Morgan fingerprint density at radius 3 is 1.36 bits per heavy atom. The second-order valence-corrected chi connectivity index (χ2v) is 21.3. The van der Waals surface area contributed by atoms with Gasteiger partial charge >= 0.3 is 0 Å². The van der Waals surface area contributed by atoms with Crippen molar-refractivity contribution in [3.05, 3.63) is 142 Å². The first-order valence-electron chi connectivity index (χ1n) is 24.9. The number of thioether (sulfide) groups is 1. The molecule has 4 N–H and O–H groups in total. The summed E-state index contributed by atoms with van der Waals surface area (Å²) in [7, 11) is 1.48. The topological polar surface area (TPSA) is 247 Å². The number of hydrogen-bond donors (Lipinski definition) is 4. The summed E-state index contributed by atoms with van der Waals surface area (Å²) in [6.45, 7) is 5.39. The molecular formula is C54H56N16O5S2. The third-order valence-corrected chi connectivity index (χ3v) is 15.0. The van der Waals surface area contributed by atoms with Crippen LogP contribution in [0, 0.1) is 0 Å². The van der Waals surface area contributed by atoms with Crippen molar-refractivity contribution >= 4 is 78.1 Å². The number of aromatic amines is 3. The van der Waals surface area contributed by atoms with Gasteiger partial charge in [-0.25, -0.2) is 23.4 Å². The van der Waals surface area contributed by atoms with Gasteiger partial charge in [-0.3, -0.25) is 15.3 Å². The number of nitrogens with one attached hydrogen (secondary N) is 4. The van der Waals surface area contributed by atoms with Crippen LogP contribution in [0.5, 0.6) is 17.2 Å². The van der Waals surface area contributed by atoms with E-state index in [0.717, 1.165) is 137 Å². The SMILES string of the molecule is COc1ccc(CN2CCc3[nH]nc4nc(NCc5ccccc5)nc2c34)cc1.COc1ccc(CN2CCc3[nH]nc4nc(S(C)(=O)=O)nc2c34)cc1.COc1ccc(CN2CCc3[nH]nc4nc(SC)nc2c34)cc1. The van der Waals surface area contributed by atoms with Crippen molar-refractivity contribution in [2.75, 3.05) is 73.5 Å². The van der Waals surface area contributed by atoms with Crippen molar-refractivity contribution in [2.24, 2.45) is 0 Å². The summed E-state index contributed by atoms with van der Waals surface area (Å²) >= 11 is 1.54. The monoisotopic (exact) mass is 1070 g/mol.